The van der Waals surface area contributed by atoms with Crippen LogP contribution in [-0.2, 0) is 4.74 Å². The fourth-order valence-electron chi connectivity index (χ4n) is 2.22. The van der Waals surface area contributed by atoms with Gasteiger partial charge < -0.3 is 10.1 Å². The lowest BCUT2D eigenvalue weighted by atomic mass is 10.0. The van der Waals surface area contributed by atoms with Crippen molar-refractivity contribution in [1.82, 2.24) is 5.32 Å². The Bertz CT molecular complexity index is 361. The van der Waals surface area contributed by atoms with Crippen LogP contribution in [0.3, 0.4) is 0 Å². The van der Waals surface area contributed by atoms with Gasteiger partial charge in [0.25, 0.3) is 0 Å². The van der Waals surface area contributed by atoms with Gasteiger partial charge in [-0.3, -0.25) is 0 Å². The van der Waals surface area contributed by atoms with Crippen molar-refractivity contribution in [3.05, 3.63) is 48.0 Å². The second-order valence-corrected chi connectivity index (χ2v) is 5.42. The molecule has 0 amide bonds. The topological polar surface area (TPSA) is 21.3 Å². The second kappa shape index (κ2) is 10.6. The highest BCUT2D eigenvalue weighted by Gasteiger charge is 2.09. The van der Waals surface area contributed by atoms with Crippen molar-refractivity contribution >= 4 is 0 Å². The van der Waals surface area contributed by atoms with Gasteiger partial charge in [0.15, 0.2) is 0 Å². The minimum absolute atomic E-state index is 0.441. The zero-order valence-corrected chi connectivity index (χ0v) is 13.0. The van der Waals surface area contributed by atoms with Crippen LogP contribution in [0.15, 0.2) is 42.5 Å². The third-order valence-corrected chi connectivity index (χ3v) is 3.28. The number of hydrogen-bond donors (Lipinski definition) is 1. The minimum atomic E-state index is 0.441. The molecule has 0 aromatic heterocycles. The Kier molecular flexibility index (Phi) is 9.01. The maximum Gasteiger partial charge on any atom is 0.0672 e. The number of hydrogen-bond acceptors (Lipinski definition) is 2. The highest BCUT2D eigenvalue weighted by Crippen LogP contribution is 2.19. The van der Waals surface area contributed by atoms with Crippen molar-refractivity contribution in [2.24, 2.45) is 0 Å². The molecule has 0 aliphatic heterocycles. The van der Waals surface area contributed by atoms with Crippen LogP contribution in [0.1, 0.15) is 51.1 Å². The first-order valence-electron chi connectivity index (χ1n) is 7.74. The second-order valence-electron chi connectivity index (χ2n) is 5.42. The summed E-state index contributed by atoms with van der Waals surface area (Å²) in [6, 6.07) is 11.2. The van der Waals surface area contributed by atoms with Gasteiger partial charge in [-0.25, -0.2) is 0 Å². The Labute approximate surface area is 124 Å². The summed E-state index contributed by atoms with van der Waals surface area (Å²) in [5.41, 5.74) is 2.45. The van der Waals surface area contributed by atoms with Gasteiger partial charge in [-0.05, 0) is 18.9 Å². The lowest BCUT2D eigenvalue weighted by Gasteiger charge is -2.19. The lowest BCUT2D eigenvalue weighted by Crippen LogP contribution is -2.25. The first-order chi connectivity index (χ1) is 9.74. The first kappa shape index (κ1) is 16.9. The molecule has 0 saturated carbocycles. The maximum atomic E-state index is 5.54. The molecule has 1 atom stereocenters. The molecule has 20 heavy (non-hydrogen) atoms. The summed E-state index contributed by atoms with van der Waals surface area (Å²) in [5, 5.41) is 3.61. The average molecular weight is 275 g/mol. The van der Waals surface area contributed by atoms with E-state index in [1.165, 1.54) is 31.2 Å². The molecule has 1 aromatic carbocycles. The zero-order chi connectivity index (χ0) is 14.6. The van der Waals surface area contributed by atoms with Crippen molar-refractivity contribution in [3.63, 3.8) is 0 Å². The number of ether oxygens (including phenoxy) is 1. The lowest BCUT2D eigenvalue weighted by molar-refractivity contribution is 0.154. The minimum Gasteiger partial charge on any atom is -0.376 e. The van der Waals surface area contributed by atoms with Gasteiger partial charge >= 0.3 is 0 Å². The van der Waals surface area contributed by atoms with E-state index in [2.05, 4.69) is 49.2 Å². The summed E-state index contributed by atoms with van der Waals surface area (Å²) in [5.74, 6) is 0. The van der Waals surface area contributed by atoms with Crippen molar-refractivity contribution in [2.45, 2.75) is 45.6 Å². The standard InChI is InChI=1S/C18H29NO/c1-4-5-7-12-18(17-10-8-6-9-11-17)19-13-14-20-15-16(2)3/h6,8-11,18-19H,2,4-5,7,12-15H2,1,3H3. The van der Waals surface area contributed by atoms with Gasteiger partial charge in [0.2, 0.25) is 0 Å². The summed E-state index contributed by atoms with van der Waals surface area (Å²) >= 11 is 0. The van der Waals surface area contributed by atoms with E-state index < -0.39 is 0 Å². The molecule has 2 heteroatoms. The van der Waals surface area contributed by atoms with Crippen LogP contribution in [0.25, 0.3) is 0 Å². The number of nitrogens with one attached hydrogen (secondary N) is 1. The average Bonchev–Trinajstić information content (AvgIpc) is 2.46. The largest absolute Gasteiger partial charge is 0.376 e. The molecule has 0 radical (unpaired) electrons. The molecule has 1 unspecified atom stereocenters. The molecule has 1 N–H and O–H groups in total. The van der Waals surface area contributed by atoms with Crippen molar-refractivity contribution in [1.29, 1.82) is 0 Å². The Morgan fingerprint density at radius 1 is 1.25 bits per heavy atom. The van der Waals surface area contributed by atoms with E-state index >= 15 is 0 Å². The van der Waals surface area contributed by atoms with Crippen LogP contribution in [0.4, 0.5) is 0 Å². The van der Waals surface area contributed by atoms with E-state index in [0.29, 0.717) is 12.6 Å². The molecule has 0 saturated heterocycles. The predicted molar refractivity (Wildman–Crippen MR) is 87.0 cm³/mol. The van der Waals surface area contributed by atoms with Crippen molar-refractivity contribution in [2.75, 3.05) is 19.8 Å². The highest BCUT2D eigenvalue weighted by molar-refractivity contribution is 5.18. The summed E-state index contributed by atoms with van der Waals surface area (Å²) < 4.78 is 5.54. The highest BCUT2D eigenvalue weighted by atomic mass is 16.5. The molecule has 0 bridgehead atoms. The molecule has 112 valence electrons. The summed E-state index contributed by atoms with van der Waals surface area (Å²) in [6.45, 7) is 10.4. The van der Waals surface area contributed by atoms with E-state index in [4.69, 9.17) is 4.74 Å². The molecule has 0 aliphatic rings. The van der Waals surface area contributed by atoms with Crippen LogP contribution in [-0.4, -0.2) is 19.8 Å². The van der Waals surface area contributed by atoms with Crippen molar-refractivity contribution in [3.8, 4) is 0 Å². The van der Waals surface area contributed by atoms with Crippen LogP contribution >= 0.6 is 0 Å². The van der Waals surface area contributed by atoms with Crippen molar-refractivity contribution < 1.29 is 4.74 Å². The zero-order valence-electron chi connectivity index (χ0n) is 13.0. The van der Waals surface area contributed by atoms with Gasteiger partial charge in [0.1, 0.15) is 0 Å². The fraction of sp³-hybridized carbons (Fsp3) is 0.556. The molecule has 1 aromatic rings. The normalized spacial score (nSPS) is 12.3. The van der Waals surface area contributed by atoms with Gasteiger partial charge in [0, 0.05) is 12.6 Å². The maximum absolute atomic E-state index is 5.54. The Hall–Kier alpha value is -1.12. The molecular formula is C18H29NO. The molecule has 0 spiro atoms. The molecule has 1 rings (SSSR count). The van der Waals surface area contributed by atoms with Gasteiger partial charge in [0.05, 0.1) is 13.2 Å². The number of unbranched alkanes of at least 4 members (excludes halogenated alkanes) is 2. The van der Waals surface area contributed by atoms with Crippen LogP contribution in [0.5, 0.6) is 0 Å². The molecule has 0 aliphatic carbocycles. The quantitative estimate of drug-likeness (QED) is 0.474. The predicted octanol–water partition coefficient (Wildman–Crippen LogP) is 4.49. The Balaban J connectivity index is 2.36. The van der Waals surface area contributed by atoms with Crippen LogP contribution in [0.2, 0.25) is 0 Å². The summed E-state index contributed by atoms with van der Waals surface area (Å²) in [7, 11) is 0. The SMILES string of the molecule is C=C(C)COCCNC(CCCCC)c1ccccc1. The van der Waals surface area contributed by atoms with E-state index in [0.717, 1.165) is 18.7 Å². The van der Waals surface area contributed by atoms with Gasteiger partial charge in [-0.15, -0.1) is 0 Å². The summed E-state index contributed by atoms with van der Waals surface area (Å²) in [6.07, 6.45) is 5.04. The molecular weight excluding hydrogens is 246 g/mol. The smallest absolute Gasteiger partial charge is 0.0672 e. The third-order valence-electron chi connectivity index (χ3n) is 3.28. The Morgan fingerprint density at radius 2 is 2.00 bits per heavy atom. The number of benzene rings is 1. The van der Waals surface area contributed by atoms with Gasteiger partial charge in [-0.1, -0.05) is 68.7 Å². The van der Waals surface area contributed by atoms with E-state index in [1.54, 1.807) is 0 Å². The molecule has 2 nitrogen and oxygen atoms in total. The molecule has 0 heterocycles. The fourth-order valence-corrected chi connectivity index (χ4v) is 2.22. The van der Waals surface area contributed by atoms with E-state index in [1.807, 2.05) is 6.92 Å². The number of rotatable bonds is 11. The first-order valence-corrected chi connectivity index (χ1v) is 7.74. The van der Waals surface area contributed by atoms with Crippen LogP contribution in [0, 0.1) is 0 Å². The third kappa shape index (κ3) is 7.46. The van der Waals surface area contributed by atoms with Crippen LogP contribution < -0.4 is 5.32 Å². The Morgan fingerprint density at radius 3 is 2.65 bits per heavy atom. The molecule has 0 fully saturated rings. The summed E-state index contributed by atoms with van der Waals surface area (Å²) in [4.78, 5) is 0. The van der Waals surface area contributed by atoms with E-state index in [9.17, 15) is 0 Å². The monoisotopic (exact) mass is 275 g/mol. The van der Waals surface area contributed by atoms with Gasteiger partial charge in [-0.2, -0.15) is 0 Å². The van der Waals surface area contributed by atoms with E-state index in [-0.39, 0.29) is 0 Å².